The van der Waals surface area contributed by atoms with E-state index in [9.17, 15) is 9.18 Å². The van der Waals surface area contributed by atoms with Crippen molar-refractivity contribution in [2.75, 3.05) is 80.1 Å². The van der Waals surface area contributed by atoms with Crippen LogP contribution in [-0.4, -0.2) is 99.1 Å². The molecule has 0 spiro atoms. The number of aromatic nitrogens is 6. The lowest BCUT2D eigenvalue weighted by Gasteiger charge is -2.45. The third kappa shape index (κ3) is 6.32. The monoisotopic (exact) mass is 741 g/mol. The Kier molecular flexibility index (Phi) is 8.78. The van der Waals surface area contributed by atoms with Crippen LogP contribution in [0.3, 0.4) is 0 Å². The van der Waals surface area contributed by atoms with Crippen molar-refractivity contribution in [3.63, 3.8) is 0 Å². The molecule has 0 amide bonds. The van der Waals surface area contributed by atoms with Gasteiger partial charge in [0.25, 0.3) is 0 Å². The minimum absolute atomic E-state index is 0.0835. The zero-order chi connectivity index (χ0) is 37.0. The highest BCUT2D eigenvalue weighted by Gasteiger charge is 2.32. The summed E-state index contributed by atoms with van der Waals surface area (Å²) in [7, 11) is 1.90. The third-order valence-corrected chi connectivity index (χ3v) is 12.4. The van der Waals surface area contributed by atoms with E-state index in [1.165, 1.54) is 11.8 Å². The minimum Gasteiger partial charge on any atom is -0.371 e. The molecule has 8 heterocycles. The molecule has 13 heteroatoms. The predicted molar refractivity (Wildman–Crippen MR) is 215 cm³/mol. The molecule has 6 aromatic rings. The minimum atomic E-state index is -0.207. The second-order valence-electron chi connectivity index (χ2n) is 15.8. The number of hydrogen-bond donors (Lipinski definition) is 1. The van der Waals surface area contributed by atoms with Gasteiger partial charge in [-0.05, 0) is 92.4 Å². The molecule has 4 fully saturated rings. The average molecular weight is 742 g/mol. The number of halogens is 1. The molecule has 1 N–H and O–H groups in total. The van der Waals surface area contributed by atoms with E-state index in [2.05, 4.69) is 60.2 Å². The zero-order valence-electron chi connectivity index (χ0n) is 31.4. The van der Waals surface area contributed by atoms with Crippen LogP contribution in [0.4, 0.5) is 21.7 Å². The van der Waals surface area contributed by atoms with E-state index in [1.54, 1.807) is 12.1 Å². The molecule has 0 aliphatic carbocycles. The first-order chi connectivity index (χ1) is 27.0. The van der Waals surface area contributed by atoms with Gasteiger partial charge >= 0.3 is 5.69 Å². The molecule has 0 radical (unpaired) electrons. The van der Waals surface area contributed by atoms with E-state index < -0.39 is 0 Å². The number of aryl methyl sites for hydroxylation is 1. The summed E-state index contributed by atoms with van der Waals surface area (Å²) in [6.07, 6.45) is 6.00. The molecule has 0 bridgehead atoms. The molecule has 0 saturated carbocycles. The van der Waals surface area contributed by atoms with Crippen molar-refractivity contribution in [2.45, 2.75) is 37.8 Å². The van der Waals surface area contributed by atoms with Gasteiger partial charge in [0.2, 0.25) is 0 Å². The van der Waals surface area contributed by atoms with E-state index in [1.807, 2.05) is 51.2 Å². The Balaban J connectivity index is 0.771. The van der Waals surface area contributed by atoms with Crippen molar-refractivity contribution in [3.8, 4) is 11.4 Å². The van der Waals surface area contributed by atoms with Gasteiger partial charge < -0.3 is 20.0 Å². The van der Waals surface area contributed by atoms with Crippen molar-refractivity contribution >= 4 is 34.0 Å². The number of rotatable bonds is 8. The zero-order valence-corrected chi connectivity index (χ0v) is 31.4. The quantitative estimate of drug-likeness (QED) is 0.229. The van der Waals surface area contributed by atoms with Crippen molar-refractivity contribution in [3.05, 3.63) is 101 Å². The highest BCUT2D eigenvalue weighted by atomic mass is 19.1. The summed E-state index contributed by atoms with van der Waals surface area (Å²) in [5, 5.41) is 8.51. The summed E-state index contributed by atoms with van der Waals surface area (Å²) in [6.45, 7) is 9.79. The van der Waals surface area contributed by atoms with Crippen LogP contribution in [0.5, 0.6) is 0 Å². The highest BCUT2D eigenvalue weighted by molar-refractivity contribution is 5.81. The van der Waals surface area contributed by atoms with Gasteiger partial charge in [0.1, 0.15) is 23.1 Å². The van der Waals surface area contributed by atoms with Gasteiger partial charge in [0, 0.05) is 77.6 Å². The van der Waals surface area contributed by atoms with Crippen LogP contribution in [0.1, 0.15) is 43.3 Å². The molecular weight excluding hydrogens is 694 g/mol. The number of hydrogen-bond acceptors (Lipinski definition) is 9. The number of nitrogens with zero attached hydrogens (tertiary/aromatic N) is 10. The van der Waals surface area contributed by atoms with Crippen molar-refractivity contribution in [1.29, 1.82) is 0 Å². The molecule has 2 aromatic carbocycles. The first-order valence-electron chi connectivity index (χ1n) is 19.9. The second-order valence-corrected chi connectivity index (χ2v) is 15.8. The van der Waals surface area contributed by atoms with E-state index in [0.29, 0.717) is 5.92 Å². The Morgan fingerprint density at radius 1 is 0.855 bits per heavy atom. The molecule has 4 saturated heterocycles. The van der Waals surface area contributed by atoms with E-state index >= 15 is 0 Å². The lowest BCUT2D eigenvalue weighted by Crippen LogP contribution is -2.55. The van der Waals surface area contributed by atoms with Gasteiger partial charge in [-0.1, -0.05) is 18.2 Å². The number of benzene rings is 2. The summed E-state index contributed by atoms with van der Waals surface area (Å²) in [5.74, 6) is 2.25. The Morgan fingerprint density at radius 3 is 2.56 bits per heavy atom. The number of piperazine rings is 1. The van der Waals surface area contributed by atoms with Crippen LogP contribution in [0.15, 0.2) is 83.8 Å². The molecule has 2 atom stereocenters. The fourth-order valence-electron chi connectivity index (χ4n) is 9.41. The number of anilines is 3. The molecule has 10 rings (SSSR count). The second kappa shape index (κ2) is 14.1. The van der Waals surface area contributed by atoms with Crippen LogP contribution < -0.4 is 25.7 Å². The molecule has 4 aliphatic rings. The average Bonchev–Trinajstić information content (AvgIpc) is 3.93. The standard InChI is InChI=1S/C42H48FN11O/c1-48-37-23-32(12-13-36(37)53(42(48)55)33-8-4-16-44-24-33)51-27-29(28-51)26-49-18-20-50(21-19-49)40-11-3-9-34(46-40)38-25-45-39-14-15-41(47-54(38)39)52-17-5-10-35(52)30-6-2-7-31(43)22-30/h2-3,6-7,9,11-15,22-23,25,29,33,35,44H,4-5,8,10,16-21,24,26-28H2,1H3/t33?,35-/m1/s1. The van der Waals surface area contributed by atoms with Crippen LogP contribution in [0.25, 0.3) is 28.1 Å². The fourth-order valence-corrected chi connectivity index (χ4v) is 9.41. The van der Waals surface area contributed by atoms with E-state index in [-0.39, 0.29) is 23.6 Å². The summed E-state index contributed by atoms with van der Waals surface area (Å²) >= 11 is 0. The maximum absolute atomic E-state index is 14.1. The molecule has 12 nitrogen and oxygen atoms in total. The van der Waals surface area contributed by atoms with Crippen LogP contribution in [-0.2, 0) is 7.05 Å². The normalized spacial score (nSPS) is 21.2. The number of fused-ring (bicyclic) bond motifs is 2. The lowest BCUT2D eigenvalue weighted by atomic mass is 9.98. The molecule has 284 valence electrons. The van der Waals surface area contributed by atoms with Crippen LogP contribution in [0, 0.1) is 11.7 Å². The summed E-state index contributed by atoms with van der Waals surface area (Å²) in [4.78, 5) is 32.7. The fraction of sp³-hybridized carbons (Fsp3) is 0.429. The lowest BCUT2D eigenvalue weighted by molar-refractivity contribution is 0.199. The van der Waals surface area contributed by atoms with Crippen LogP contribution in [0.2, 0.25) is 0 Å². The number of nitrogens with one attached hydrogen (secondary N) is 1. The SMILES string of the molecule is Cn1c(=O)n(C2CCCNC2)c2ccc(N3CC(CN4CCN(c5cccc(-c6cnc7ccc(N8CCC[C@@H]8c8cccc(F)c8)nn67)n5)CC4)C3)cc21. The van der Waals surface area contributed by atoms with Crippen LogP contribution >= 0.6 is 0 Å². The summed E-state index contributed by atoms with van der Waals surface area (Å²) in [6, 6.07) is 24.0. The number of pyridine rings is 1. The van der Waals surface area contributed by atoms with Gasteiger partial charge in [-0.15, -0.1) is 5.10 Å². The molecule has 4 aromatic heterocycles. The molecule has 1 unspecified atom stereocenters. The first-order valence-corrected chi connectivity index (χ1v) is 19.9. The Bertz CT molecular complexity index is 2400. The summed E-state index contributed by atoms with van der Waals surface area (Å²) in [5.41, 5.74) is 6.80. The Hall–Kier alpha value is -5.27. The maximum Gasteiger partial charge on any atom is 0.329 e. The number of imidazole rings is 2. The highest BCUT2D eigenvalue weighted by Crippen LogP contribution is 2.36. The Morgan fingerprint density at radius 2 is 1.73 bits per heavy atom. The maximum atomic E-state index is 14.1. The molecule has 4 aliphatic heterocycles. The topological polar surface area (TPSA) is 95.0 Å². The van der Waals surface area contributed by atoms with Gasteiger partial charge in [-0.2, -0.15) is 0 Å². The van der Waals surface area contributed by atoms with Gasteiger partial charge in [0.05, 0.1) is 35.0 Å². The third-order valence-electron chi connectivity index (χ3n) is 12.4. The van der Waals surface area contributed by atoms with Crippen molar-refractivity contribution < 1.29 is 4.39 Å². The molecular formula is C42H48FN11O. The first kappa shape index (κ1) is 34.2. The Labute approximate surface area is 319 Å². The van der Waals surface area contributed by atoms with Crippen molar-refractivity contribution in [2.24, 2.45) is 13.0 Å². The van der Waals surface area contributed by atoms with E-state index in [0.717, 1.165) is 136 Å². The van der Waals surface area contributed by atoms with Gasteiger partial charge in [-0.25, -0.2) is 23.7 Å². The van der Waals surface area contributed by atoms with Gasteiger partial charge in [-0.3, -0.25) is 14.0 Å². The largest absolute Gasteiger partial charge is 0.371 e. The predicted octanol–water partition coefficient (Wildman–Crippen LogP) is 5.11. The molecule has 55 heavy (non-hydrogen) atoms. The van der Waals surface area contributed by atoms with E-state index in [4.69, 9.17) is 10.1 Å². The van der Waals surface area contributed by atoms with Gasteiger partial charge in [0.15, 0.2) is 5.65 Å². The smallest absolute Gasteiger partial charge is 0.329 e. The number of piperidine rings is 1. The van der Waals surface area contributed by atoms with Crippen molar-refractivity contribution in [1.82, 2.24) is 38.9 Å². The summed E-state index contributed by atoms with van der Waals surface area (Å²) < 4.78 is 19.8.